The molecule has 140 valence electrons. The number of carboxylic acids is 1. The van der Waals surface area contributed by atoms with Crippen LogP contribution in [0.5, 0.6) is 0 Å². The Kier molecular flexibility index (Phi) is 4.88. The van der Waals surface area contributed by atoms with Crippen LogP contribution < -0.4 is 5.32 Å². The summed E-state index contributed by atoms with van der Waals surface area (Å²) in [7, 11) is 0. The third-order valence-electron chi connectivity index (χ3n) is 4.98. The molecular formula is C19H16Cl2N2O3S. The third-order valence-corrected chi connectivity index (χ3v) is 6.92. The number of nitrogens with one attached hydrogen (secondary N) is 2. The molecule has 0 bridgehead atoms. The fraction of sp³-hybridized carbons (Fsp3) is 0.263. The first-order chi connectivity index (χ1) is 12.9. The van der Waals surface area contributed by atoms with Crippen LogP contribution in [-0.4, -0.2) is 28.0 Å². The van der Waals surface area contributed by atoms with Crippen LogP contribution in [0.2, 0.25) is 9.36 Å². The van der Waals surface area contributed by atoms with Crippen LogP contribution in [0.4, 0.5) is 0 Å². The van der Waals surface area contributed by atoms with Gasteiger partial charge in [-0.3, -0.25) is 9.59 Å². The summed E-state index contributed by atoms with van der Waals surface area (Å²) < 4.78 is 1.32. The van der Waals surface area contributed by atoms with E-state index in [0.717, 1.165) is 15.8 Å². The number of benzene rings is 1. The molecule has 2 atom stereocenters. The fourth-order valence-electron chi connectivity index (χ4n) is 3.75. The minimum atomic E-state index is -0.833. The molecule has 1 aliphatic carbocycles. The molecule has 0 unspecified atom stereocenters. The van der Waals surface area contributed by atoms with Crippen molar-refractivity contribution in [3.05, 3.63) is 56.5 Å². The number of halogens is 2. The van der Waals surface area contributed by atoms with Gasteiger partial charge in [0.2, 0.25) is 0 Å². The van der Waals surface area contributed by atoms with Crippen molar-refractivity contribution in [2.45, 2.75) is 31.2 Å². The van der Waals surface area contributed by atoms with Crippen LogP contribution >= 0.6 is 34.5 Å². The van der Waals surface area contributed by atoms with Crippen LogP contribution in [0.1, 0.15) is 40.4 Å². The zero-order valence-electron chi connectivity index (χ0n) is 14.1. The van der Waals surface area contributed by atoms with E-state index in [1.807, 2.05) is 24.3 Å². The smallest absolute Gasteiger partial charge is 0.303 e. The quantitative estimate of drug-likeness (QED) is 0.549. The molecule has 1 aromatic carbocycles. The van der Waals surface area contributed by atoms with Gasteiger partial charge in [-0.25, -0.2) is 0 Å². The van der Waals surface area contributed by atoms with Crippen molar-refractivity contribution in [3.63, 3.8) is 0 Å². The van der Waals surface area contributed by atoms with E-state index < -0.39 is 5.97 Å². The SMILES string of the molecule is O=C(O)CC[C@@H]1c2ccccc2C[C@H]1NC(=O)c1cc2sc(Cl)c(Cl)c2[nH]1. The van der Waals surface area contributed by atoms with Gasteiger partial charge in [0.25, 0.3) is 5.91 Å². The first-order valence-corrected chi connectivity index (χ1v) is 10.1. The zero-order chi connectivity index (χ0) is 19.1. The lowest BCUT2D eigenvalue weighted by molar-refractivity contribution is -0.137. The van der Waals surface area contributed by atoms with Gasteiger partial charge in [-0.15, -0.1) is 11.3 Å². The average Bonchev–Trinajstić information content (AvgIpc) is 3.27. The van der Waals surface area contributed by atoms with Crippen molar-refractivity contribution in [1.29, 1.82) is 0 Å². The van der Waals surface area contributed by atoms with Gasteiger partial charge >= 0.3 is 5.97 Å². The number of thiophene rings is 1. The lowest BCUT2D eigenvalue weighted by Crippen LogP contribution is -2.38. The minimum Gasteiger partial charge on any atom is -0.481 e. The Labute approximate surface area is 169 Å². The van der Waals surface area contributed by atoms with Crippen molar-refractivity contribution in [2.75, 3.05) is 0 Å². The Hall–Kier alpha value is -2.02. The summed E-state index contributed by atoms with van der Waals surface area (Å²) in [6.07, 6.45) is 1.24. The molecule has 8 heteroatoms. The lowest BCUT2D eigenvalue weighted by atomic mass is 9.93. The summed E-state index contributed by atoms with van der Waals surface area (Å²) in [5.74, 6) is -1.08. The van der Waals surface area contributed by atoms with E-state index in [9.17, 15) is 9.59 Å². The second-order valence-electron chi connectivity index (χ2n) is 6.63. The molecule has 4 rings (SSSR count). The van der Waals surface area contributed by atoms with Crippen molar-refractivity contribution in [1.82, 2.24) is 10.3 Å². The molecule has 0 fully saturated rings. The number of H-pyrrole nitrogens is 1. The monoisotopic (exact) mass is 422 g/mol. The van der Waals surface area contributed by atoms with Gasteiger partial charge in [0.1, 0.15) is 10.0 Å². The molecule has 0 saturated heterocycles. The molecule has 2 heterocycles. The zero-order valence-corrected chi connectivity index (χ0v) is 16.4. The molecule has 0 aliphatic heterocycles. The average molecular weight is 423 g/mol. The topological polar surface area (TPSA) is 82.2 Å². The summed E-state index contributed by atoms with van der Waals surface area (Å²) in [4.78, 5) is 26.8. The molecule has 0 radical (unpaired) electrons. The Bertz CT molecular complexity index is 1040. The first-order valence-electron chi connectivity index (χ1n) is 8.51. The maximum Gasteiger partial charge on any atom is 0.303 e. The molecule has 2 aromatic heterocycles. The van der Waals surface area contributed by atoms with E-state index in [1.165, 1.54) is 11.3 Å². The Morgan fingerprint density at radius 2 is 2.07 bits per heavy atom. The molecule has 1 amide bonds. The van der Waals surface area contributed by atoms with E-state index in [4.69, 9.17) is 28.3 Å². The standard InChI is InChI=1S/C19H16Cl2N2O3S/c20-16-17-14(27-18(16)21)8-13(22-17)19(26)23-12-7-9-3-1-2-4-10(9)11(12)5-6-15(24)25/h1-4,8,11-12,22H,5-7H2,(H,23,26)(H,24,25)/t11-,12-/m1/s1. The maximum absolute atomic E-state index is 12.8. The molecule has 0 spiro atoms. The van der Waals surface area contributed by atoms with Crippen LogP contribution in [0.3, 0.4) is 0 Å². The lowest BCUT2D eigenvalue weighted by Gasteiger charge is -2.21. The molecule has 3 N–H and O–H groups in total. The Morgan fingerprint density at radius 1 is 1.30 bits per heavy atom. The van der Waals surface area contributed by atoms with Crippen molar-refractivity contribution in [2.24, 2.45) is 0 Å². The highest BCUT2D eigenvalue weighted by atomic mass is 35.5. The van der Waals surface area contributed by atoms with Crippen molar-refractivity contribution < 1.29 is 14.7 Å². The van der Waals surface area contributed by atoms with Gasteiger partial charge in [-0.1, -0.05) is 47.5 Å². The van der Waals surface area contributed by atoms with Crippen LogP contribution in [-0.2, 0) is 11.2 Å². The van der Waals surface area contributed by atoms with E-state index in [0.29, 0.717) is 33.4 Å². The Balaban J connectivity index is 1.56. The van der Waals surface area contributed by atoms with Crippen molar-refractivity contribution >= 4 is 56.6 Å². The molecule has 1 aliphatic rings. The Morgan fingerprint density at radius 3 is 2.81 bits per heavy atom. The van der Waals surface area contributed by atoms with Crippen molar-refractivity contribution in [3.8, 4) is 0 Å². The number of aromatic amines is 1. The highest BCUT2D eigenvalue weighted by Gasteiger charge is 2.33. The third kappa shape index (κ3) is 3.45. The van der Waals surface area contributed by atoms with Gasteiger partial charge in [-0.05, 0) is 30.0 Å². The van der Waals surface area contributed by atoms with Crippen LogP contribution in [0.25, 0.3) is 10.2 Å². The van der Waals surface area contributed by atoms with Gasteiger partial charge in [0, 0.05) is 18.4 Å². The summed E-state index contributed by atoms with van der Waals surface area (Å²) >= 11 is 13.5. The number of aromatic nitrogens is 1. The summed E-state index contributed by atoms with van der Waals surface area (Å²) in [5, 5.41) is 12.5. The normalized spacial score (nSPS) is 18.6. The van der Waals surface area contributed by atoms with Gasteiger partial charge < -0.3 is 15.4 Å². The van der Waals surface area contributed by atoms with Gasteiger partial charge in [0.05, 0.1) is 15.2 Å². The second-order valence-corrected chi connectivity index (χ2v) is 8.67. The number of fused-ring (bicyclic) bond motifs is 2. The number of hydrogen-bond acceptors (Lipinski definition) is 3. The number of amides is 1. The minimum absolute atomic E-state index is 0.0182. The number of carboxylic acid groups (broad SMARTS) is 1. The molecule has 3 aromatic rings. The summed E-state index contributed by atoms with van der Waals surface area (Å²) in [6.45, 7) is 0. The molecule has 27 heavy (non-hydrogen) atoms. The van der Waals surface area contributed by atoms with Crippen LogP contribution in [0.15, 0.2) is 30.3 Å². The number of carbonyl (C=O) groups excluding carboxylic acids is 1. The number of hydrogen-bond donors (Lipinski definition) is 3. The second kappa shape index (κ2) is 7.19. The molecule has 5 nitrogen and oxygen atoms in total. The first kappa shape index (κ1) is 18.3. The maximum atomic E-state index is 12.8. The fourth-order valence-corrected chi connectivity index (χ4v) is 5.23. The van der Waals surface area contributed by atoms with Crippen LogP contribution in [0, 0.1) is 0 Å². The number of carbonyl (C=O) groups is 2. The summed E-state index contributed by atoms with van der Waals surface area (Å²) in [5.41, 5.74) is 3.35. The highest BCUT2D eigenvalue weighted by Crippen LogP contribution is 2.39. The number of aliphatic carboxylic acids is 1. The number of rotatable bonds is 5. The van der Waals surface area contributed by atoms with E-state index >= 15 is 0 Å². The molecular weight excluding hydrogens is 407 g/mol. The van der Waals surface area contributed by atoms with Gasteiger partial charge in [0.15, 0.2) is 0 Å². The van der Waals surface area contributed by atoms with E-state index in [2.05, 4.69) is 10.3 Å². The van der Waals surface area contributed by atoms with E-state index in [-0.39, 0.29) is 24.3 Å². The molecule has 0 saturated carbocycles. The van der Waals surface area contributed by atoms with Gasteiger partial charge in [-0.2, -0.15) is 0 Å². The largest absolute Gasteiger partial charge is 0.481 e. The predicted molar refractivity (Wildman–Crippen MR) is 107 cm³/mol. The summed E-state index contributed by atoms with van der Waals surface area (Å²) in [6, 6.07) is 9.54. The predicted octanol–water partition coefficient (Wildman–Crippen LogP) is 4.84. The highest BCUT2D eigenvalue weighted by molar-refractivity contribution is 7.23. The van der Waals surface area contributed by atoms with E-state index in [1.54, 1.807) is 6.07 Å².